The van der Waals surface area contributed by atoms with Gasteiger partial charge in [-0.3, -0.25) is 18.7 Å². The molecule has 38 heavy (non-hydrogen) atoms. The van der Waals surface area contributed by atoms with E-state index in [9.17, 15) is 31.5 Å². The summed E-state index contributed by atoms with van der Waals surface area (Å²) in [6.45, 7) is 1.45. The van der Waals surface area contributed by atoms with Gasteiger partial charge in [0, 0.05) is 45.5 Å². The van der Waals surface area contributed by atoms with E-state index in [1.807, 2.05) is 0 Å². The Hall–Kier alpha value is -0.873. The molecule has 0 radical (unpaired) electrons. The molecule has 0 aliphatic rings. The molecule has 0 fully saturated rings. The zero-order valence-corrected chi connectivity index (χ0v) is 25.2. The van der Waals surface area contributed by atoms with Crippen molar-refractivity contribution in [3.63, 3.8) is 0 Å². The lowest BCUT2D eigenvalue weighted by atomic mass is 10.2. The van der Waals surface area contributed by atoms with Gasteiger partial charge in [-0.1, -0.05) is 6.92 Å². The van der Waals surface area contributed by atoms with Crippen LogP contribution in [0, 0.1) is 5.92 Å². The Kier molecular flexibility index (Phi) is 18.0. The van der Waals surface area contributed by atoms with Gasteiger partial charge >= 0.3 is 20.7 Å². The van der Waals surface area contributed by atoms with Crippen LogP contribution in [0.25, 0.3) is 0 Å². The second-order valence-corrected chi connectivity index (χ2v) is 15.3. The number of thioether (sulfide) groups is 1. The summed E-state index contributed by atoms with van der Waals surface area (Å²) >= 11 is 1.18. The first-order chi connectivity index (χ1) is 17.6. The van der Waals surface area contributed by atoms with Crippen LogP contribution in [0.4, 0.5) is 0 Å². The summed E-state index contributed by atoms with van der Waals surface area (Å²) in [5.41, 5.74) is 0. The van der Waals surface area contributed by atoms with Crippen molar-refractivity contribution < 1.29 is 68.1 Å². The molecule has 0 aromatic carbocycles. The fraction of sp³-hybridized carbons (Fsp3) is 0.895. The molecule has 2 atom stereocenters. The van der Waals surface area contributed by atoms with E-state index in [2.05, 4.69) is 0 Å². The van der Waals surface area contributed by atoms with Crippen LogP contribution in [0.1, 0.15) is 19.8 Å². The van der Waals surface area contributed by atoms with E-state index in [0.717, 1.165) is 0 Å². The Morgan fingerprint density at radius 2 is 1.50 bits per heavy atom. The van der Waals surface area contributed by atoms with Gasteiger partial charge in [0.1, 0.15) is 30.3 Å². The van der Waals surface area contributed by atoms with Gasteiger partial charge in [-0.25, -0.2) is 0 Å². The summed E-state index contributed by atoms with van der Waals surface area (Å²) in [4.78, 5) is 24.0. The monoisotopic (exact) mass is 630 g/mol. The molecular formula is C19H38O15S3Si. The van der Waals surface area contributed by atoms with Gasteiger partial charge < -0.3 is 32.6 Å². The van der Waals surface area contributed by atoms with Crippen molar-refractivity contribution in [1.29, 1.82) is 0 Å². The Morgan fingerprint density at radius 3 is 2.00 bits per heavy atom. The lowest BCUT2D eigenvalue weighted by Crippen LogP contribution is -2.42. The molecule has 0 aromatic heterocycles. The average Bonchev–Trinajstić information content (AvgIpc) is 2.80. The van der Waals surface area contributed by atoms with Gasteiger partial charge in [-0.05, 0) is 6.42 Å². The minimum absolute atomic E-state index is 0.0219. The molecule has 226 valence electrons. The third-order valence-electron chi connectivity index (χ3n) is 4.75. The summed E-state index contributed by atoms with van der Waals surface area (Å²) in [5, 5.41) is 9.88. The molecule has 0 bridgehead atoms. The number of hydrogen-bond acceptors (Lipinski definition) is 14. The fourth-order valence-corrected chi connectivity index (χ4v) is 6.94. The lowest BCUT2D eigenvalue weighted by molar-refractivity contribution is -0.150. The molecule has 0 amide bonds. The largest absolute Gasteiger partial charge is 0.500 e. The number of carbonyl (C=O) groups is 2. The minimum atomic E-state index is -4.67. The number of ether oxygens (including phenoxy) is 3. The van der Waals surface area contributed by atoms with Crippen LogP contribution in [0.15, 0.2) is 0 Å². The summed E-state index contributed by atoms with van der Waals surface area (Å²) in [6.07, 6.45) is -2.25. The second-order valence-electron chi connectivity index (χ2n) is 8.09. The van der Waals surface area contributed by atoms with E-state index >= 15 is 0 Å². The molecule has 0 saturated carbocycles. The SMILES string of the molecule is CO[Si](CCCOCC(O)COC(=O)CCSCC(C)C(=O)OC(CS(=O)(=O)O)CS(=O)(=O)O)(OC)OC. The molecule has 19 heteroatoms. The third-order valence-corrected chi connectivity index (χ3v) is 10.4. The van der Waals surface area contributed by atoms with Crippen molar-refractivity contribution in [1.82, 2.24) is 0 Å². The zero-order valence-electron chi connectivity index (χ0n) is 21.8. The summed E-state index contributed by atoms with van der Waals surface area (Å²) < 4.78 is 92.8. The maximum atomic E-state index is 12.1. The molecule has 0 aliphatic heterocycles. The highest BCUT2D eigenvalue weighted by Crippen LogP contribution is 2.15. The maximum absolute atomic E-state index is 12.1. The minimum Gasteiger partial charge on any atom is -0.463 e. The molecule has 0 saturated heterocycles. The van der Waals surface area contributed by atoms with Crippen LogP contribution in [0.2, 0.25) is 6.04 Å². The van der Waals surface area contributed by atoms with Crippen LogP contribution in [0.5, 0.6) is 0 Å². The number of esters is 2. The summed E-state index contributed by atoms with van der Waals surface area (Å²) in [7, 11) is -7.51. The maximum Gasteiger partial charge on any atom is 0.500 e. The number of hydrogen-bond donors (Lipinski definition) is 3. The molecular weight excluding hydrogens is 592 g/mol. The van der Waals surface area contributed by atoms with Gasteiger partial charge in [0.2, 0.25) is 0 Å². The lowest BCUT2D eigenvalue weighted by Gasteiger charge is -2.24. The number of aliphatic hydroxyl groups excluding tert-OH is 1. The highest BCUT2D eigenvalue weighted by atomic mass is 32.2. The topological polar surface area (TPSA) is 218 Å². The van der Waals surface area contributed by atoms with E-state index in [0.29, 0.717) is 19.1 Å². The van der Waals surface area contributed by atoms with Crippen LogP contribution in [-0.2, 0) is 57.3 Å². The van der Waals surface area contributed by atoms with Crippen molar-refractivity contribution in [2.75, 3.05) is 64.2 Å². The van der Waals surface area contributed by atoms with E-state index in [4.69, 9.17) is 36.6 Å². The van der Waals surface area contributed by atoms with Crippen molar-refractivity contribution in [2.24, 2.45) is 5.92 Å². The first kappa shape index (κ1) is 37.1. The summed E-state index contributed by atoms with van der Waals surface area (Å²) in [5.74, 6) is -4.33. The first-order valence-corrected chi connectivity index (χ1v) is 17.6. The zero-order chi connectivity index (χ0) is 29.4. The standard InChI is InChI=1S/C19H38O15S3Si/c1-15(19(22)34-17(13-36(23,24)25)14-37(26,27)28)12-35-8-6-18(21)33-11-16(20)10-32-7-5-9-38(29-2,30-3)31-4/h15-17,20H,5-14H2,1-4H3,(H,23,24,25)(H,26,27,28). The Morgan fingerprint density at radius 1 is 0.947 bits per heavy atom. The second kappa shape index (κ2) is 18.5. The predicted octanol–water partition coefficient (Wildman–Crippen LogP) is -0.378. The average molecular weight is 631 g/mol. The number of aliphatic hydroxyl groups is 1. The number of carbonyl (C=O) groups excluding carboxylic acids is 2. The van der Waals surface area contributed by atoms with Crippen molar-refractivity contribution in [3.8, 4) is 0 Å². The molecule has 2 unspecified atom stereocenters. The third kappa shape index (κ3) is 18.4. The molecule has 0 spiro atoms. The Labute approximate surface area is 228 Å². The Bertz CT molecular complexity index is 866. The predicted molar refractivity (Wildman–Crippen MR) is 138 cm³/mol. The van der Waals surface area contributed by atoms with Crippen molar-refractivity contribution >= 4 is 52.7 Å². The van der Waals surface area contributed by atoms with E-state index in [1.54, 1.807) is 0 Å². The van der Waals surface area contributed by atoms with Crippen LogP contribution in [-0.4, -0.2) is 128 Å². The van der Waals surface area contributed by atoms with Crippen molar-refractivity contribution in [2.45, 2.75) is 38.0 Å². The van der Waals surface area contributed by atoms with E-state index < -0.39 is 70.6 Å². The normalized spacial score (nSPS) is 14.3. The molecule has 0 aliphatic carbocycles. The Balaban J connectivity index is 4.19. The van der Waals surface area contributed by atoms with Gasteiger partial charge in [-0.2, -0.15) is 28.6 Å². The molecule has 0 heterocycles. The molecule has 3 N–H and O–H groups in total. The molecule has 0 rings (SSSR count). The fourth-order valence-electron chi connectivity index (χ4n) is 2.83. The van der Waals surface area contributed by atoms with E-state index in [1.165, 1.54) is 40.0 Å². The molecule has 15 nitrogen and oxygen atoms in total. The van der Waals surface area contributed by atoms with Gasteiger partial charge in [-0.15, -0.1) is 0 Å². The summed E-state index contributed by atoms with van der Waals surface area (Å²) in [6, 6.07) is 0.533. The van der Waals surface area contributed by atoms with Gasteiger partial charge in [0.05, 0.1) is 18.9 Å². The van der Waals surface area contributed by atoms with Gasteiger partial charge in [0.15, 0.2) is 0 Å². The van der Waals surface area contributed by atoms with Crippen molar-refractivity contribution in [3.05, 3.63) is 0 Å². The van der Waals surface area contributed by atoms with Gasteiger partial charge in [0.25, 0.3) is 20.2 Å². The van der Waals surface area contributed by atoms with E-state index in [-0.39, 0.29) is 31.1 Å². The number of rotatable bonds is 22. The molecule has 0 aromatic rings. The van der Waals surface area contributed by atoms with Crippen LogP contribution < -0.4 is 0 Å². The highest BCUT2D eigenvalue weighted by Gasteiger charge is 2.36. The smallest absolute Gasteiger partial charge is 0.463 e. The van der Waals surface area contributed by atoms with Crippen LogP contribution >= 0.6 is 11.8 Å². The first-order valence-electron chi connectivity index (χ1n) is 11.3. The quantitative estimate of drug-likeness (QED) is 0.0601. The highest BCUT2D eigenvalue weighted by molar-refractivity contribution is 7.99. The van der Waals surface area contributed by atoms with Crippen LogP contribution in [0.3, 0.4) is 0 Å².